The summed E-state index contributed by atoms with van der Waals surface area (Å²) in [4.78, 5) is 1.24. The van der Waals surface area contributed by atoms with Crippen LogP contribution in [0.5, 0.6) is 0 Å². The minimum Gasteiger partial charge on any atom is -0.467 e. The molecule has 0 bridgehead atoms. The number of hydrogen-bond acceptors (Lipinski definition) is 3. The van der Waals surface area contributed by atoms with Crippen molar-refractivity contribution in [2.75, 3.05) is 7.05 Å². The highest BCUT2D eigenvalue weighted by Gasteiger charge is 2.15. The standard InChI is InChI=1S/C10H10BrNOS/c1-12-10(7-3-2-6-13-7)8-4-5-9(11)14-8/h2-6,10,12H,1H3. The maximum Gasteiger partial charge on any atom is 0.126 e. The van der Waals surface area contributed by atoms with Crippen molar-refractivity contribution in [2.45, 2.75) is 6.04 Å². The van der Waals surface area contributed by atoms with Crippen LogP contribution in [-0.2, 0) is 0 Å². The van der Waals surface area contributed by atoms with Crippen molar-refractivity contribution < 1.29 is 4.42 Å². The molecule has 0 radical (unpaired) electrons. The van der Waals surface area contributed by atoms with Gasteiger partial charge < -0.3 is 9.73 Å². The minimum atomic E-state index is 0.154. The van der Waals surface area contributed by atoms with E-state index >= 15 is 0 Å². The SMILES string of the molecule is CNC(c1ccco1)c1ccc(Br)s1. The Balaban J connectivity index is 2.31. The van der Waals surface area contributed by atoms with Crippen LogP contribution in [0, 0.1) is 0 Å². The fourth-order valence-corrected chi connectivity index (χ4v) is 2.91. The summed E-state index contributed by atoms with van der Waals surface area (Å²) in [6.07, 6.45) is 1.70. The van der Waals surface area contributed by atoms with Gasteiger partial charge in [-0.1, -0.05) is 0 Å². The molecule has 2 aromatic heterocycles. The van der Waals surface area contributed by atoms with Crippen molar-refractivity contribution in [1.29, 1.82) is 0 Å². The molecule has 0 spiro atoms. The fourth-order valence-electron chi connectivity index (χ4n) is 1.36. The summed E-state index contributed by atoms with van der Waals surface area (Å²) in [5.41, 5.74) is 0. The van der Waals surface area contributed by atoms with Gasteiger partial charge in [0.15, 0.2) is 0 Å². The Bertz CT molecular complexity index is 396. The van der Waals surface area contributed by atoms with Gasteiger partial charge in [-0.2, -0.15) is 0 Å². The lowest BCUT2D eigenvalue weighted by Crippen LogP contribution is -2.15. The molecule has 0 saturated carbocycles. The van der Waals surface area contributed by atoms with Crippen molar-refractivity contribution in [1.82, 2.24) is 5.32 Å². The normalized spacial score (nSPS) is 13.0. The van der Waals surface area contributed by atoms with Gasteiger partial charge >= 0.3 is 0 Å². The number of nitrogens with one attached hydrogen (secondary N) is 1. The number of rotatable bonds is 3. The average molecular weight is 272 g/mol. The average Bonchev–Trinajstić information content (AvgIpc) is 2.79. The quantitative estimate of drug-likeness (QED) is 0.926. The second-order valence-corrected chi connectivity index (χ2v) is 5.37. The first kappa shape index (κ1) is 9.96. The second-order valence-electron chi connectivity index (χ2n) is 2.88. The van der Waals surface area contributed by atoms with Crippen LogP contribution in [-0.4, -0.2) is 7.05 Å². The molecular weight excluding hydrogens is 262 g/mol. The highest BCUT2D eigenvalue weighted by atomic mass is 79.9. The van der Waals surface area contributed by atoms with Crippen LogP contribution < -0.4 is 5.32 Å². The first-order chi connectivity index (χ1) is 6.81. The topological polar surface area (TPSA) is 25.2 Å². The molecule has 2 aromatic rings. The van der Waals surface area contributed by atoms with E-state index in [4.69, 9.17) is 4.42 Å². The third-order valence-corrected chi connectivity index (χ3v) is 3.68. The molecule has 0 aliphatic rings. The van der Waals surface area contributed by atoms with Gasteiger partial charge in [0.1, 0.15) is 11.8 Å². The summed E-state index contributed by atoms with van der Waals surface area (Å²) in [7, 11) is 1.93. The molecule has 4 heteroatoms. The predicted octanol–water partition coefficient (Wildman–Crippen LogP) is 3.41. The Morgan fingerprint density at radius 2 is 2.29 bits per heavy atom. The maximum atomic E-state index is 5.38. The van der Waals surface area contributed by atoms with Crippen molar-refractivity contribution in [2.24, 2.45) is 0 Å². The van der Waals surface area contributed by atoms with E-state index in [2.05, 4.69) is 27.3 Å². The van der Waals surface area contributed by atoms with Crippen LogP contribution in [0.1, 0.15) is 16.7 Å². The summed E-state index contributed by atoms with van der Waals surface area (Å²) in [5, 5.41) is 3.23. The van der Waals surface area contributed by atoms with E-state index in [9.17, 15) is 0 Å². The zero-order valence-corrected chi connectivity index (χ0v) is 10.1. The molecule has 0 aliphatic carbocycles. The van der Waals surface area contributed by atoms with Gasteiger partial charge in [0.25, 0.3) is 0 Å². The van der Waals surface area contributed by atoms with Gasteiger partial charge in [0.05, 0.1) is 10.0 Å². The van der Waals surface area contributed by atoms with E-state index in [1.54, 1.807) is 17.6 Å². The Morgan fingerprint density at radius 1 is 1.43 bits per heavy atom. The summed E-state index contributed by atoms with van der Waals surface area (Å²) < 4.78 is 6.52. The molecular formula is C10H10BrNOS. The largest absolute Gasteiger partial charge is 0.467 e. The van der Waals surface area contributed by atoms with Gasteiger partial charge in [0.2, 0.25) is 0 Å². The van der Waals surface area contributed by atoms with Crippen molar-refractivity contribution in [3.05, 3.63) is 45.0 Å². The molecule has 2 heterocycles. The summed E-state index contributed by atoms with van der Waals surface area (Å²) in [6, 6.07) is 8.18. The molecule has 0 aliphatic heterocycles. The first-order valence-corrected chi connectivity index (χ1v) is 5.88. The first-order valence-electron chi connectivity index (χ1n) is 4.27. The molecule has 1 unspecified atom stereocenters. The Hall–Kier alpha value is -0.580. The number of halogens is 1. The van der Waals surface area contributed by atoms with Gasteiger partial charge in [-0.3, -0.25) is 0 Å². The Morgan fingerprint density at radius 3 is 2.79 bits per heavy atom. The molecule has 2 nitrogen and oxygen atoms in total. The maximum absolute atomic E-state index is 5.38. The van der Waals surface area contributed by atoms with Crippen LogP contribution in [0.25, 0.3) is 0 Å². The predicted molar refractivity (Wildman–Crippen MR) is 61.6 cm³/mol. The summed E-state index contributed by atoms with van der Waals surface area (Å²) in [6.45, 7) is 0. The Kier molecular flexibility index (Phi) is 3.05. The smallest absolute Gasteiger partial charge is 0.126 e. The molecule has 14 heavy (non-hydrogen) atoms. The molecule has 2 rings (SSSR count). The number of hydrogen-bond donors (Lipinski definition) is 1. The lowest BCUT2D eigenvalue weighted by atomic mass is 10.2. The molecule has 0 fully saturated rings. The summed E-state index contributed by atoms with van der Waals surface area (Å²) >= 11 is 5.17. The van der Waals surface area contributed by atoms with Crippen LogP contribution in [0.15, 0.2) is 38.7 Å². The Labute approximate surface area is 95.1 Å². The van der Waals surface area contributed by atoms with Crippen LogP contribution in [0.3, 0.4) is 0 Å². The van der Waals surface area contributed by atoms with Crippen molar-refractivity contribution in [3.8, 4) is 0 Å². The number of thiophene rings is 1. The summed E-state index contributed by atoms with van der Waals surface area (Å²) in [5.74, 6) is 0.946. The monoisotopic (exact) mass is 271 g/mol. The zero-order valence-electron chi connectivity index (χ0n) is 7.66. The third-order valence-electron chi connectivity index (χ3n) is 1.99. The van der Waals surface area contributed by atoms with Crippen LogP contribution in [0.4, 0.5) is 0 Å². The highest BCUT2D eigenvalue weighted by molar-refractivity contribution is 9.11. The molecule has 1 atom stereocenters. The third kappa shape index (κ3) is 1.92. The number of furan rings is 1. The minimum absolute atomic E-state index is 0.154. The second kappa shape index (κ2) is 4.29. The molecule has 0 aromatic carbocycles. The van der Waals surface area contributed by atoms with E-state index in [0.717, 1.165) is 9.55 Å². The lowest BCUT2D eigenvalue weighted by Gasteiger charge is -2.10. The van der Waals surface area contributed by atoms with E-state index in [0.29, 0.717) is 0 Å². The van der Waals surface area contributed by atoms with Crippen LogP contribution in [0.2, 0.25) is 0 Å². The zero-order chi connectivity index (χ0) is 9.97. The van der Waals surface area contributed by atoms with Crippen molar-refractivity contribution >= 4 is 27.3 Å². The molecule has 1 N–H and O–H groups in total. The van der Waals surface area contributed by atoms with Gasteiger partial charge in [-0.15, -0.1) is 11.3 Å². The van der Waals surface area contributed by atoms with Crippen LogP contribution >= 0.6 is 27.3 Å². The van der Waals surface area contributed by atoms with Gasteiger partial charge in [0, 0.05) is 4.88 Å². The molecule has 0 amide bonds. The van der Waals surface area contributed by atoms with Gasteiger partial charge in [-0.05, 0) is 47.2 Å². The molecule has 74 valence electrons. The van der Waals surface area contributed by atoms with E-state index < -0.39 is 0 Å². The van der Waals surface area contributed by atoms with E-state index in [1.807, 2.05) is 25.2 Å². The highest BCUT2D eigenvalue weighted by Crippen LogP contribution is 2.31. The van der Waals surface area contributed by atoms with E-state index in [-0.39, 0.29) is 6.04 Å². The van der Waals surface area contributed by atoms with Crippen molar-refractivity contribution in [3.63, 3.8) is 0 Å². The van der Waals surface area contributed by atoms with E-state index in [1.165, 1.54) is 4.88 Å². The van der Waals surface area contributed by atoms with Gasteiger partial charge in [-0.25, -0.2) is 0 Å². The molecule has 0 saturated heterocycles. The fraction of sp³-hybridized carbons (Fsp3) is 0.200. The lowest BCUT2D eigenvalue weighted by molar-refractivity contribution is 0.466.